The first kappa shape index (κ1) is 15.5. The van der Waals surface area contributed by atoms with Gasteiger partial charge in [0.25, 0.3) is 0 Å². The second kappa shape index (κ2) is 6.55. The van der Waals surface area contributed by atoms with Crippen molar-refractivity contribution in [2.24, 2.45) is 17.8 Å². The van der Waals surface area contributed by atoms with Crippen molar-refractivity contribution in [1.29, 1.82) is 0 Å². The average Bonchev–Trinajstić information content (AvgIpc) is 2.15. The quantitative estimate of drug-likeness (QED) is 0.562. The van der Waals surface area contributed by atoms with Crippen LogP contribution in [0.3, 0.4) is 0 Å². The Labute approximate surface area is 111 Å². The molecule has 0 nitrogen and oxygen atoms in total. The Kier molecular flexibility index (Phi) is 5.97. The maximum Gasteiger partial charge on any atom is -0.0171 e. The van der Waals surface area contributed by atoms with Gasteiger partial charge in [0.05, 0.1) is 0 Å². The Morgan fingerprint density at radius 2 is 1.41 bits per heavy atom. The summed E-state index contributed by atoms with van der Waals surface area (Å²) in [5, 5.41) is 0. The zero-order valence-corrected chi connectivity index (χ0v) is 13.9. The van der Waals surface area contributed by atoms with E-state index in [9.17, 15) is 0 Å². The Bertz CT molecular complexity index is 212. The van der Waals surface area contributed by atoms with Crippen LogP contribution < -0.4 is 0 Å². The monoisotopic (exact) mass is 256 g/mol. The van der Waals surface area contributed by atoms with E-state index in [0.717, 1.165) is 34.7 Å². The Balaban J connectivity index is 2.86. The molecule has 0 aliphatic heterocycles. The molecule has 102 valence electrons. The van der Waals surface area contributed by atoms with Crippen molar-refractivity contribution in [2.75, 3.05) is 0 Å². The van der Waals surface area contributed by atoms with Crippen LogP contribution in [-0.4, -0.2) is 17.0 Å². The lowest BCUT2D eigenvalue weighted by atomic mass is 9.77. The molecule has 3 unspecified atom stereocenters. The molecule has 17 heavy (non-hydrogen) atoms. The highest BCUT2D eigenvalue weighted by Crippen LogP contribution is 2.58. The lowest BCUT2D eigenvalue weighted by Gasteiger charge is -2.45. The van der Waals surface area contributed by atoms with Crippen LogP contribution >= 0.6 is 7.92 Å². The van der Waals surface area contributed by atoms with E-state index in [2.05, 4.69) is 48.5 Å². The molecule has 1 saturated carbocycles. The van der Waals surface area contributed by atoms with Crippen LogP contribution in [-0.2, 0) is 0 Å². The molecule has 1 rings (SSSR count). The van der Waals surface area contributed by atoms with Crippen LogP contribution in [0.2, 0.25) is 0 Å². The van der Waals surface area contributed by atoms with Gasteiger partial charge in [0.2, 0.25) is 0 Å². The molecule has 0 bridgehead atoms. The standard InChI is InChI=1S/C16H33P/c1-11(2)15-9-8-14(7)10-16(15)17(12(3)4)13(5)6/h11-16H,8-10H2,1-7H3. The highest BCUT2D eigenvalue weighted by Gasteiger charge is 2.37. The van der Waals surface area contributed by atoms with Crippen molar-refractivity contribution in [3.63, 3.8) is 0 Å². The van der Waals surface area contributed by atoms with Crippen molar-refractivity contribution < 1.29 is 0 Å². The summed E-state index contributed by atoms with van der Waals surface area (Å²) >= 11 is 0. The van der Waals surface area contributed by atoms with E-state index in [-0.39, 0.29) is 7.92 Å². The van der Waals surface area contributed by atoms with Crippen LogP contribution in [0.25, 0.3) is 0 Å². The molecule has 0 saturated heterocycles. The molecular weight excluding hydrogens is 223 g/mol. The van der Waals surface area contributed by atoms with E-state index in [0.29, 0.717) is 0 Å². The molecule has 0 aromatic heterocycles. The third-order valence-electron chi connectivity index (χ3n) is 4.56. The van der Waals surface area contributed by atoms with Crippen LogP contribution in [0.15, 0.2) is 0 Å². The van der Waals surface area contributed by atoms with Crippen molar-refractivity contribution in [1.82, 2.24) is 0 Å². The molecule has 0 heterocycles. The fourth-order valence-corrected chi connectivity index (χ4v) is 8.12. The van der Waals surface area contributed by atoms with E-state index >= 15 is 0 Å². The van der Waals surface area contributed by atoms with Gasteiger partial charge < -0.3 is 0 Å². The number of hydrogen-bond acceptors (Lipinski definition) is 0. The highest BCUT2D eigenvalue weighted by atomic mass is 31.1. The van der Waals surface area contributed by atoms with Gasteiger partial charge in [0.15, 0.2) is 0 Å². The molecule has 1 aliphatic carbocycles. The molecule has 3 atom stereocenters. The summed E-state index contributed by atoms with van der Waals surface area (Å²) in [4.78, 5) is 0. The molecule has 1 heteroatoms. The molecular formula is C16H33P. The summed E-state index contributed by atoms with van der Waals surface area (Å²) in [5.74, 6) is 2.86. The van der Waals surface area contributed by atoms with Gasteiger partial charge >= 0.3 is 0 Å². The Hall–Kier alpha value is 0.430. The lowest BCUT2D eigenvalue weighted by molar-refractivity contribution is 0.240. The Morgan fingerprint density at radius 1 is 0.882 bits per heavy atom. The lowest BCUT2D eigenvalue weighted by Crippen LogP contribution is -2.34. The van der Waals surface area contributed by atoms with Gasteiger partial charge in [-0.2, -0.15) is 0 Å². The van der Waals surface area contributed by atoms with Crippen LogP contribution in [0.4, 0.5) is 0 Å². The average molecular weight is 256 g/mol. The molecule has 0 radical (unpaired) electrons. The van der Waals surface area contributed by atoms with Crippen LogP contribution in [0.1, 0.15) is 67.7 Å². The summed E-state index contributed by atoms with van der Waals surface area (Å²) in [5.41, 5.74) is 2.84. The SMILES string of the molecule is CC1CCC(C(C)C)C(P(C(C)C)C(C)C)C1. The van der Waals surface area contributed by atoms with E-state index in [1.807, 2.05) is 0 Å². The maximum atomic E-state index is 2.47. The summed E-state index contributed by atoms with van der Waals surface area (Å²) in [6.07, 6.45) is 4.46. The van der Waals surface area contributed by atoms with E-state index in [1.54, 1.807) is 0 Å². The van der Waals surface area contributed by atoms with Gasteiger partial charge in [-0.3, -0.25) is 0 Å². The molecule has 1 aliphatic rings. The third-order valence-corrected chi connectivity index (χ3v) is 8.31. The fourth-order valence-electron chi connectivity index (χ4n) is 3.86. The van der Waals surface area contributed by atoms with Crippen LogP contribution in [0, 0.1) is 17.8 Å². The normalized spacial score (nSPS) is 30.9. The van der Waals surface area contributed by atoms with Gasteiger partial charge in [0, 0.05) is 0 Å². The summed E-state index contributed by atoms with van der Waals surface area (Å²) in [6.45, 7) is 17.2. The zero-order chi connectivity index (χ0) is 13.2. The molecule has 0 spiro atoms. The summed E-state index contributed by atoms with van der Waals surface area (Å²) in [7, 11) is 0.205. The number of hydrogen-bond donors (Lipinski definition) is 0. The topological polar surface area (TPSA) is 0 Å². The second-order valence-electron chi connectivity index (χ2n) is 7.03. The molecule has 0 N–H and O–H groups in total. The first-order valence-electron chi connectivity index (χ1n) is 7.62. The summed E-state index contributed by atoms with van der Waals surface area (Å²) in [6, 6.07) is 0. The first-order chi connectivity index (χ1) is 7.84. The predicted molar refractivity (Wildman–Crippen MR) is 82.3 cm³/mol. The molecule has 0 aromatic rings. The van der Waals surface area contributed by atoms with E-state index < -0.39 is 0 Å². The van der Waals surface area contributed by atoms with Gasteiger partial charge in [-0.1, -0.05) is 62.8 Å². The molecule has 1 fully saturated rings. The minimum Gasteiger partial charge on any atom is -0.0980 e. The highest BCUT2D eigenvalue weighted by molar-refractivity contribution is 7.59. The number of rotatable bonds is 4. The van der Waals surface area contributed by atoms with Crippen molar-refractivity contribution in [2.45, 2.75) is 84.7 Å². The van der Waals surface area contributed by atoms with E-state index in [4.69, 9.17) is 0 Å². The van der Waals surface area contributed by atoms with Crippen LogP contribution in [0.5, 0.6) is 0 Å². The maximum absolute atomic E-state index is 2.47. The van der Waals surface area contributed by atoms with Gasteiger partial charge in [-0.15, -0.1) is 0 Å². The predicted octanol–water partition coefficient (Wildman–Crippen LogP) is 5.75. The molecule has 0 aromatic carbocycles. The minimum absolute atomic E-state index is 0.205. The largest absolute Gasteiger partial charge is 0.0980 e. The van der Waals surface area contributed by atoms with Gasteiger partial charge in [0.1, 0.15) is 0 Å². The smallest absolute Gasteiger partial charge is 0.0171 e. The Morgan fingerprint density at radius 3 is 1.82 bits per heavy atom. The molecule has 0 amide bonds. The van der Waals surface area contributed by atoms with Gasteiger partial charge in [-0.25, -0.2) is 0 Å². The van der Waals surface area contributed by atoms with Gasteiger partial charge in [-0.05, 0) is 47.6 Å². The van der Waals surface area contributed by atoms with Crippen molar-refractivity contribution >= 4 is 7.92 Å². The zero-order valence-electron chi connectivity index (χ0n) is 13.0. The van der Waals surface area contributed by atoms with E-state index in [1.165, 1.54) is 19.3 Å². The summed E-state index contributed by atoms with van der Waals surface area (Å²) < 4.78 is 0. The van der Waals surface area contributed by atoms with Crippen molar-refractivity contribution in [3.8, 4) is 0 Å². The first-order valence-corrected chi connectivity index (χ1v) is 9.16. The van der Waals surface area contributed by atoms with Crippen molar-refractivity contribution in [3.05, 3.63) is 0 Å². The fraction of sp³-hybridized carbons (Fsp3) is 1.00. The minimum atomic E-state index is 0.205. The third kappa shape index (κ3) is 3.95. The second-order valence-corrected chi connectivity index (χ2v) is 10.7.